The van der Waals surface area contributed by atoms with Crippen LogP contribution in [0.3, 0.4) is 0 Å². The largest absolute Gasteiger partial charge is 0.493 e. The average molecular weight is 279 g/mol. The Kier molecular flexibility index (Phi) is 3.47. The van der Waals surface area contributed by atoms with E-state index in [0.717, 1.165) is 16.0 Å². The molecule has 0 fully saturated rings. The molecular weight excluding hydrogens is 268 g/mol. The summed E-state index contributed by atoms with van der Waals surface area (Å²) in [6.07, 6.45) is 0. The molecule has 0 aliphatic heterocycles. The first kappa shape index (κ1) is 11.0. The molecule has 0 radical (unpaired) electrons. The van der Waals surface area contributed by atoms with Crippen LogP contribution in [0.4, 0.5) is 0 Å². The normalized spacial score (nSPS) is 9.88. The maximum atomic E-state index is 5.76. The van der Waals surface area contributed by atoms with Gasteiger partial charge in [-0.25, -0.2) is 0 Å². The van der Waals surface area contributed by atoms with Crippen molar-refractivity contribution in [1.82, 2.24) is 0 Å². The minimum atomic E-state index is 0.705. The molecule has 0 spiro atoms. The maximum Gasteiger partial charge on any atom is 0.169 e. The van der Waals surface area contributed by atoms with Gasteiger partial charge < -0.3 is 9.47 Å². The van der Waals surface area contributed by atoms with E-state index < -0.39 is 0 Å². The number of methoxy groups -OCH3 is 1. The lowest BCUT2D eigenvalue weighted by atomic mass is 10.3. The van der Waals surface area contributed by atoms with Crippen molar-refractivity contribution in [3.8, 4) is 17.2 Å². The third kappa shape index (κ3) is 2.36. The summed E-state index contributed by atoms with van der Waals surface area (Å²) in [5.41, 5.74) is 0. The molecule has 0 aromatic heterocycles. The summed E-state index contributed by atoms with van der Waals surface area (Å²) in [4.78, 5) is 0. The van der Waals surface area contributed by atoms with Crippen molar-refractivity contribution < 1.29 is 9.47 Å². The summed E-state index contributed by atoms with van der Waals surface area (Å²) >= 11 is 3.43. The van der Waals surface area contributed by atoms with Gasteiger partial charge >= 0.3 is 0 Å². The van der Waals surface area contributed by atoms with Gasteiger partial charge in [0.15, 0.2) is 11.5 Å². The van der Waals surface area contributed by atoms with Gasteiger partial charge in [0.25, 0.3) is 0 Å². The van der Waals surface area contributed by atoms with Crippen LogP contribution in [-0.2, 0) is 0 Å². The third-order valence-electron chi connectivity index (χ3n) is 2.13. The smallest absolute Gasteiger partial charge is 0.169 e. The molecule has 0 saturated heterocycles. The number of ether oxygens (including phenoxy) is 2. The molecule has 82 valence electrons. The van der Waals surface area contributed by atoms with Crippen molar-refractivity contribution in [2.24, 2.45) is 0 Å². The summed E-state index contributed by atoms with van der Waals surface area (Å²) in [7, 11) is 1.63. The lowest BCUT2D eigenvalue weighted by molar-refractivity contribution is 0.378. The lowest BCUT2D eigenvalue weighted by Gasteiger charge is -2.10. The molecule has 0 aliphatic carbocycles. The SMILES string of the molecule is COc1ccccc1Oc1ccccc1Br. The number of para-hydroxylation sites is 3. The van der Waals surface area contributed by atoms with Crippen molar-refractivity contribution in [3.05, 3.63) is 53.0 Å². The molecule has 0 bridgehead atoms. The van der Waals surface area contributed by atoms with Gasteiger partial charge in [-0.1, -0.05) is 24.3 Å². The zero-order valence-corrected chi connectivity index (χ0v) is 10.4. The van der Waals surface area contributed by atoms with Crippen LogP contribution in [0.2, 0.25) is 0 Å². The Morgan fingerprint density at radius 3 is 2.00 bits per heavy atom. The van der Waals surface area contributed by atoms with Gasteiger partial charge in [0.05, 0.1) is 11.6 Å². The number of hydrogen-bond acceptors (Lipinski definition) is 2. The Labute approximate surface area is 103 Å². The second kappa shape index (κ2) is 5.03. The molecule has 2 aromatic carbocycles. The van der Waals surface area contributed by atoms with E-state index in [9.17, 15) is 0 Å². The molecule has 2 aromatic rings. The highest BCUT2D eigenvalue weighted by Gasteiger charge is 2.05. The minimum absolute atomic E-state index is 0.705. The van der Waals surface area contributed by atoms with Crippen LogP contribution in [-0.4, -0.2) is 7.11 Å². The first-order valence-electron chi connectivity index (χ1n) is 4.86. The van der Waals surface area contributed by atoms with Crippen molar-refractivity contribution in [1.29, 1.82) is 0 Å². The second-order valence-electron chi connectivity index (χ2n) is 3.18. The van der Waals surface area contributed by atoms with Crippen LogP contribution in [0.15, 0.2) is 53.0 Å². The predicted molar refractivity (Wildman–Crippen MR) is 67.2 cm³/mol. The van der Waals surface area contributed by atoms with E-state index in [2.05, 4.69) is 15.9 Å². The van der Waals surface area contributed by atoms with Crippen LogP contribution >= 0.6 is 15.9 Å². The van der Waals surface area contributed by atoms with Crippen molar-refractivity contribution in [3.63, 3.8) is 0 Å². The van der Waals surface area contributed by atoms with Gasteiger partial charge in [-0.3, -0.25) is 0 Å². The summed E-state index contributed by atoms with van der Waals surface area (Å²) in [5, 5.41) is 0. The Morgan fingerprint density at radius 1 is 0.812 bits per heavy atom. The summed E-state index contributed by atoms with van der Waals surface area (Å²) in [6.45, 7) is 0. The summed E-state index contributed by atoms with van der Waals surface area (Å²) in [6, 6.07) is 15.3. The Hall–Kier alpha value is -1.48. The molecule has 3 heteroatoms. The number of halogens is 1. The fourth-order valence-electron chi connectivity index (χ4n) is 1.35. The van der Waals surface area contributed by atoms with Crippen LogP contribution in [0.1, 0.15) is 0 Å². The first-order chi connectivity index (χ1) is 7.81. The van der Waals surface area contributed by atoms with E-state index in [-0.39, 0.29) is 0 Å². The Balaban J connectivity index is 2.30. The third-order valence-corrected chi connectivity index (χ3v) is 2.78. The highest BCUT2D eigenvalue weighted by molar-refractivity contribution is 9.10. The lowest BCUT2D eigenvalue weighted by Crippen LogP contribution is -1.90. The van der Waals surface area contributed by atoms with Gasteiger partial charge in [0.1, 0.15) is 5.75 Å². The van der Waals surface area contributed by atoms with Crippen LogP contribution in [0.25, 0.3) is 0 Å². The maximum absolute atomic E-state index is 5.76. The van der Waals surface area contributed by atoms with Crippen molar-refractivity contribution in [2.75, 3.05) is 7.11 Å². The fourth-order valence-corrected chi connectivity index (χ4v) is 1.71. The van der Waals surface area contributed by atoms with Crippen LogP contribution in [0.5, 0.6) is 17.2 Å². The van der Waals surface area contributed by atoms with Gasteiger partial charge in [-0.05, 0) is 40.2 Å². The van der Waals surface area contributed by atoms with Crippen LogP contribution in [0, 0.1) is 0 Å². The monoisotopic (exact) mass is 278 g/mol. The molecule has 2 rings (SSSR count). The zero-order chi connectivity index (χ0) is 11.4. The molecular formula is C13H11BrO2. The van der Waals surface area contributed by atoms with Crippen molar-refractivity contribution >= 4 is 15.9 Å². The number of rotatable bonds is 3. The van der Waals surface area contributed by atoms with Gasteiger partial charge in [0, 0.05) is 0 Å². The van der Waals surface area contributed by atoms with Gasteiger partial charge in [-0.15, -0.1) is 0 Å². The number of benzene rings is 2. The van der Waals surface area contributed by atoms with E-state index in [0.29, 0.717) is 5.75 Å². The molecule has 0 atom stereocenters. The quantitative estimate of drug-likeness (QED) is 0.836. The number of hydrogen-bond donors (Lipinski definition) is 0. The molecule has 0 amide bonds. The average Bonchev–Trinajstić information content (AvgIpc) is 2.33. The Bertz CT molecular complexity index is 483. The van der Waals surface area contributed by atoms with Gasteiger partial charge in [0.2, 0.25) is 0 Å². The molecule has 0 N–H and O–H groups in total. The van der Waals surface area contributed by atoms with E-state index in [1.54, 1.807) is 7.11 Å². The minimum Gasteiger partial charge on any atom is -0.493 e. The highest BCUT2D eigenvalue weighted by atomic mass is 79.9. The molecule has 16 heavy (non-hydrogen) atoms. The summed E-state index contributed by atoms with van der Waals surface area (Å²) < 4.78 is 11.9. The molecule has 0 saturated carbocycles. The fraction of sp³-hybridized carbons (Fsp3) is 0.0769. The zero-order valence-electron chi connectivity index (χ0n) is 8.81. The summed E-state index contributed by atoms with van der Waals surface area (Å²) in [5.74, 6) is 2.20. The molecule has 0 unspecified atom stereocenters. The molecule has 0 aliphatic rings. The topological polar surface area (TPSA) is 18.5 Å². The second-order valence-corrected chi connectivity index (χ2v) is 4.04. The van der Waals surface area contributed by atoms with E-state index in [4.69, 9.17) is 9.47 Å². The Morgan fingerprint density at radius 2 is 1.38 bits per heavy atom. The highest BCUT2D eigenvalue weighted by Crippen LogP contribution is 2.34. The first-order valence-corrected chi connectivity index (χ1v) is 5.66. The van der Waals surface area contributed by atoms with E-state index in [1.165, 1.54) is 0 Å². The van der Waals surface area contributed by atoms with Crippen molar-refractivity contribution in [2.45, 2.75) is 0 Å². The predicted octanol–water partition coefficient (Wildman–Crippen LogP) is 4.25. The molecule has 2 nitrogen and oxygen atoms in total. The van der Waals surface area contributed by atoms with E-state index in [1.807, 2.05) is 48.5 Å². The van der Waals surface area contributed by atoms with Crippen LogP contribution < -0.4 is 9.47 Å². The standard InChI is InChI=1S/C13H11BrO2/c1-15-12-8-4-5-9-13(12)16-11-7-3-2-6-10(11)14/h2-9H,1H3. The van der Waals surface area contributed by atoms with E-state index >= 15 is 0 Å². The molecule has 0 heterocycles. The van der Waals surface area contributed by atoms with Gasteiger partial charge in [-0.2, -0.15) is 0 Å².